The number of rotatable bonds is 3. The summed E-state index contributed by atoms with van der Waals surface area (Å²) in [5.74, 6) is 0.755. The predicted octanol–water partition coefficient (Wildman–Crippen LogP) is 4.31. The fourth-order valence-electron chi connectivity index (χ4n) is 2.43. The maximum Gasteiger partial charge on any atom is 0.128 e. The smallest absolute Gasteiger partial charge is 0.128 e. The van der Waals surface area contributed by atoms with Crippen LogP contribution in [0.25, 0.3) is 0 Å². The molecule has 1 unspecified atom stereocenters. The topological polar surface area (TPSA) is 21.3 Å². The van der Waals surface area contributed by atoms with E-state index >= 15 is 0 Å². The Kier molecular flexibility index (Phi) is 3.66. The Balaban J connectivity index is 1.65. The minimum absolute atomic E-state index is 0.0852. The highest BCUT2D eigenvalue weighted by atomic mass is 79.9. The van der Waals surface area contributed by atoms with Crippen molar-refractivity contribution in [3.63, 3.8) is 0 Å². The minimum atomic E-state index is -0.186. The molecule has 1 aliphatic rings. The van der Waals surface area contributed by atoms with E-state index in [4.69, 9.17) is 4.74 Å². The average Bonchev–Trinajstić information content (AvgIpc) is 2.82. The molecule has 1 N–H and O–H groups in total. The molecule has 0 bridgehead atoms. The Morgan fingerprint density at radius 2 is 2.20 bits per heavy atom. The van der Waals surface area contributed by atoms with Crippen LogP contribution in [0.1, 0.15) is 11.1 Å². The van der Waals surface area contributed by atoms with E-state index in [0.29, 0.717) is 12.1 Å². The molecule has 0 fully saturated rings. The van der Waals surface area contributed by atoms with Gasteiger partial charge in [-0.25, -0.2) is 4.39 Å². The van der Waals surface area contributed by atoms with E-state index in [1.165, 1.54) is 11.6 Å². The molecule has 2 nitrogen and oxygen atoms in total. The molecule has 0 amide bonds. The normalized spacial score (nSPS) is 16.6. The first-order valence-corrected chi connectivity index (χ1v) is 7.37. The van der Waals surface area contributed by atoms with Gasteiger partial charge < -0.3 is 10.1 Å². The molecule has 0 aromatic heterocycles. The third-order valence-corrected chi connectivity index (χ3v) is 4.04. The third-order valence-electron chi connectivity index (χ3n) is 3.55. The van der Waals surface area contributed by atoms with E-state index in [1.807, 2.05) is 18.2 Å². The highest BCUT2D eigenvalue weighted by molar-refractivity contribution is 9.10. The van der Waals surface area contributed by atoms with Crippen LogP contribution in [0, 0.1) is 12.7 Å². The highest BCUT2D eigenvalue weighted by Crippen LogP contribution is 2.31. The Labute approximate surface area is 126 Å². The summed E-state index contributed by atoms with van der Waals surface area (Å²) in [6.07, 6.45) is 0.956. The second kappa shape index (κ2) is 5.44. The molecule has 0 spiro atoms. The van der Waals surface area contributed by atoms with Crippen LogP contribution < -0.4 is 10.1 Å². The van der Waals surface area contributed by atoms with Crippen molar-refractivity contribution in [3.05, 3.63) is 57.8 Å². The van der Waals surface area contributed by atoms with Crippen molar-refractivity contribution in [1.29, 1.82) is 0 Å². The van der Waals surface area contributed by atoms with Crippen LogP contribution in [0.5, 0.6) is 5.75 Å². The SMILES string of the molecule is Cc1c(F)cccc1NCC1Cc2cc(Br)ccc2O1. The molecule has 0 saturated carbocycles. The fraction of sp³-hybridized carbons (Fsp3) is 0.250. The predicted molar refractivity (Wildman–Crippen MR) is 81.9 cm³/mol. The Morgan fingerprint density at radius 1 is 1.35 bits per heavy atom. The molecule has 1 atom stereocenters. The molecule has 0 saturated heterocycles. The first-order chi connectivity index (χ1) is 9.63. The van der Waals surface area contributed by atoms with E-state index in [9.17, 15) is 4.39 Å². The number of hydrogen-bond acceptors (Lipinski definition) is 2. The summed E-state index contributed by atoms with van der Waals surface area (Å²) < 4.78 is 20.4. The molecule has 1 aliphatic heterocycles. The van der Waals surface area contributed by atoms with Crippen molar-refractivity contribution in [3.8, 4) is 5.75 Å². The molecular weight excluding hydrogens is 321 g/mol. The lowest BCUT2D eigenvalue weighted by Gasteiger charge is -2.14. The van der Waals surface area contributed by atoms with Crippen molar-refractivity contribution >= 4 is 21.6 Å². The molecular formula is C16H15BrFNO. The molecule has 104 valence electrons. The quantitative estimate of drug-likeness (QED) is 0.902. The maximum atomic E-state index is 13.5. The van der Waals surface area contributed by atoms with Crippen molar-refractivity contribution < 1.29 is 9.13 Å². The van der Waals surface area contributed by atoms with Crippen molar-refractivity contribution in [1.82, 2.24) is 0 Å². The maximum absolute atomic E-state index is 13.5. The van der Waals surface area contributed by atoms with Crippen LogP contribution in [-0.4, -0.2) is 12.6 Å². The molecule has 20 heavy (non-hydrogen) atoms. The van der Waals surface area contributed by atoms with Crippen LogP contribution in [0.15, 0.2) is 40.9 Å². The molecule has 2 aromatic rings. The third kappa shape index (κ3) is 2.66. The number of halogens is 2. The van der Waals surface area contributed by atoms with Crippen molar-refractivity contribution in [2.75, 3.05) is 11.9 Å². The standard InChI is InChI=1S/C16H15BrFNO/c1-10-14(18)3-2-4-15(10)19-9-13-8-11-7-12(17)5-6-16(11)20-13/h2-7,13,19H,8-9H2,1H3. The summed E-state index contributed by atoms with van der Waals surface area (Å²) in [6.45, 7) is 2.44. The van der Waals surface area contributed by atoms with Gasteiger partial charge in [-0.1, -0.05) is 22.0 Å². The lowest BCUT2D eigenvalue weighted by Crippen LogP contribution is -2.24. The number of hydrogen-bond donors (Lipinski definition) is 1. The summed E-state index contributed by atoms with van der Waals surface area (Å²) in [6, 6.07) is 11.1. The lowest BCUT2D eigenvalue weighted by molar-refractivity contribution is 0.246. The first kappa shape index (κ1) is 13.4. The zero-order valence-electron chi connectivity index (χ0n) is 11.1. The zero-order valence-corrected chi connectivity index (χ0v) is 12.7. The van der Waals surface area contributed by atoms with Gasteiger partial charge in [-0.05, 0) is 42.8 Å². The average molecular weight is 336 g/mol. The fourth-order valence-corrected chi connectivity index (χ4v) is 2.83. The summed E-state index contributed by atoms with van der Waals surface area (Å²) >= 11 is 3.47. The Bertz CT molecular complexity index is 644. The van der Waals surface area contributed by atoms with Gasteiger partial charge in [-0.2, -0.15) is 0 Å². The number of nitrogens with one attached hydrogen (secondary N) is 1. The van der Waals surface area contributed by atoms with Gasteiger partial charge in [0.2, 0.25) is 0 Å². The van der Waals surface area contributed by atoms with E-state index in [0.717, 1.165) is 22.3 Å². The van der Waals surface area contributed by atoms with Gasteiger partial charge in [-0.3, -0.25) is 0 Å². The minimum Gasteiger partial charge on any atom is -0.488 e. The van der Waals surface area contributed by atoms with E-state index in [1.54, 1.807) is 13.0 Å². The summed E-state index contributed by atoms with van der Waals surface area (Å²) in [5.41, 5.74) is 2.68. The second-order valence-electron chi connectivity index (χ2n) is 4.99. The van der Waals surface area contributed by atoms with Crippen molar-refractivity contribution in [2.45, 2.75) is 19.4 Å². The molecule has 2 aromatic carbocycles. The van der Waals surface area contributed by atoms with Crippen LogP contribution in [-0.2, 0) is 6.42 Å². The van der Waals surface area contributed by atoms with E-state index in [-0.39, 0.29) is 11.9 Å². The molecule has 4 heteroatoms. The number of anilines is 1. The molecule has 0 radical (unpaired) electrons. The largest absolute Gasteiger partial charge is 0.488 e. The van der Waals surface area contributed by atoms with E-state index < -0.39 is 0 Å². The van der Waals surface area contributed by atoms with Gasteiger partial charge in [0.25, 0.3) is 0 Å². The van der Waals surface area contributed by atoms with Gasteiger partial charge in [-0.15, -0.1) is 0 Å². The van der Waals surface area contributed by atoms with Gasteiger partial charge in [0.1, 0.15) is 17.7 Å². The number of benzene rings is 2. The molecule has 1 heterocycles. The number of ether oxygens (including phenoxy) is 1. The first-order valence-electron chi connectivity index (χ1n) is 6.57. The van der Waals surface area contributed by atoms with Gasteiger partial charge in [0.05, 0.1) is 6.54 Å². The van der Waals surface area contributed by atoms with E-state index in [2.05, 4.69) is 27.3 Å². The van der Waals surface area contributed by atoms with Crippen LogP contribution >= 0.6 is 15.9 Å². The zero-order chi connectivity index (χ0) is 14.1. The summed E-state index contributed by atoms with van der Waals surface area (Å²) in [4.78, 5) is 0. The highest BCUT2D eigenvalue weighted by Gasteiger charge is 2.22. The van der Waals surface area contributed by atoms with Gasteiger partial charge >= 0.3 is 0 Å². The van der Waals surface area contributed by atoms with Crippen molar-refractivity contribution in [2.24, 2.45) is 0 Å². The van der Waals surface area contributed by atoms with Gasteiger partial charge in [0, 0.05) is 22.1 Å². The summed E-state index contributed by atoms with van der Waals surface area (Å²) in [7, 11) is 0. The second-order valence-corrected chi connectivity index (χ2v) is 5.91. The monoisotopic (exact) mass is 335 g/mol. The molecule has 0 aliphatic carbocycles. The lowest BCUT2D eigenvalue weighted by atomic mass is 10.1. The molecule has 3 rings (SSSR count). The van der Waals surface area contributed by atoms with Crippen LogP contribution in [0.2, 0.25) is 0 Å². The Hall–Kier alpha value is -1.55. The van der Waals surface area contributed by atoms with Crippen LogP contribution in [0.3, 0.4) is 0 Å². The van der Waals surface area contributed by atoms with Gasteiger partial charge in [0.15, 0.2) is 0 Å². The Morgan fingerprint density at radius 3 is 3.05 bits per heavy atom. The summed E-state index contributed by atoms with van der Waals surface area (Å²) in [5, 5.41) is 3.27. The van der Waals surface area contributed by atoms with Crippen LogP contribution in [0.4, 0.5) is 10.1 Å². The number of fused-ring (bicyclic) bond motifs is 1.